The molecule has 2 atom stereocenters. The smallest absolute Gasteiger partial charge is 0.123 e. The Labute approximate surface area is 83.9 Å². The molecule has 0 spiro atoms. The maximum atomic E-state index is 9.84. The Hall–Kier alpha value is -1.13. The molecule has 0 aliphatic carbocycles. The molecule has 4 heteroatoms. The second kappa shape index (κ2) is 4.39. The molecule has 1 aromatic rings. The van der Waals surface area contributed by atoms with Crippen molar-refractivity contribution in [2.45, 2.75) is 26.0 Å². The minimum atomic E-state index is -0.678. The van der Waals surface area contributed by atoms with Crippen LogP contribution >= 0.6 is 0 Å². The number of nitrogens with zero attached hydrogens (tertiary/aromatic N) is 1. The van der Waals surface area contributed by atoms with Gasteiger partial charge in [0.2, 0.25) is 0 Å². The van der Waals surface area contributed by atoms with Crippen LogP contribution in [0.25, 0.3) is 0 Å². The third-order valence-corrected chi connectivity index (χ3v) is 2.29. The standard InChI is InChI=1S/C10H17N3O/c1-6(2)9(12)10(14)7-3-4-8(11)13-5-7/h3-6,9-10,14H,12H2,1-2H3,(H2,11,13)/t9-,10-/m1/s1. The molecule has 78 valence electrons. The predicted octanol–water partition coefficient (Wildman–Crippen LogP) is 0.680. The molecule has 1 rings (SSSR count). The normalized spacial score (nSPS) is 15.5. The first-order valence-electron chi connectivity index (χ1n) is 4.67. The molecular weight excluding hydrogens is 178 g/mol. The van der Waals surface area contributed by atoms with Gasteiger partial charge in [0.15, 0.2) is 0 Å². The van der Waals surface area contributed by atoms with E-state index in [9.17, 15) is 5.11 Å². The first-order chi connectivity index (χ1) is 6.52. The molecule has 0 aliphatic rings. The Balaban J connectivity index is 2.78. The number of aromatic nitrogens is 1. The molecule has 0 amide bonds. The first-order valence-corrected chi connectivity index (χ1v) is 4.67. The van der Waals surface area contributed by atoms with E-state index in [1.165, 1.54) is 0 Å². The fourth-order valence-corrected chi connectivity index (χ4v) is 1.18. The molecule has 0 bridgehead atoms. The fourth-order valence-electron chi connectivity index (χ4n) is 1.18. The zero-order chi connectivity index (χ0) is 10.7. The van der Waals surface area contributed by atoms with Crippen LogP contribution in [0.15, 0.2) is 18.3 Å². The molecular formula is C10H17N3O. The topological polar surface area (TPSA) is 85.2 Å². The summed E-state index contributed by atoms with van der Waals surface area (Å²) in [5, 5.41) is 9.84. The maximum absolute atomic E-state index is 9.84. The van der Waals surface area contributed by atoms with Crippen LogP contribution in [0.3, 0.4) is 0 Å². The van der Waals surface area contributed by atoms with Crippen LogP contribution in [-0.4, -0.2) is 16.1 Å². The number of hydrogen-bond acceptors (Lipinski definition) is 4. The van der Waals surface area contributed by atoms with Crippen molar-refractivity contribution < 1.29 is 5.11 Å². The minimum absolute atomic E-state index is 0.225. The summed E-state index contributed by atoms with van der Waals surface area (Å²) in [6.07, 6.45) is 0.880. The Morgan fingerprint density at radius 1 is 1.36 bits per heavy atom. The van der Waals surface area contributed by atoms with E-state index in [0.29, 0.717) is 11.4 Å². The van der Waals surface area contributed by atoms with Crippen LogP contribution in [0.1, 0.15) is 25.5 Å². The summed E-state index contributed by atoms with van der Waals surface area (Å²) >= 11 is 0. The van der Waals surface area contributed by atoms with Gasteiger partial charge in [-0.15, -0.1) is 0 Å². The average Bonchev–Trinajstić information content (AvgIpc) is 2.16. The molecule has 1 aromatic heterocycles. The number of anilines is 1. The van der Waals surface area contributed by atoms with E-state index < -0.39 is 6.10 Å². The Morgan fingerprint density at radius 2 is 2.00 bits per heavy atom. The highest BCUT2D eigenvalue weighted by Crippen LogP contribution is 2.19. The number of nitrogens with two attached hydrogens (primary N) is 2. The molecule has 5 N–H and O–H groups in total. The van der Waals surface area contributed by atoms with Crippen molar-refractivity contribution in [2.24, 2.45) is 11.7 Å². The summed E-state index contributed by atoms with van der Waals surface area (Å²) in [5.74, 6) is 0.668. The van der Waals surface area contributed by atoms with E-state index in [1.54, 1.807) is 18.3 Å². The highest BCUT2D eigenvalue weighted by atomic mass is 16.3. The van der Waals surface area contributed by atoms with Crippen molar-refractivity contribution in [2.75, 3.05) is 5.73 Å². The summed E-state index contributed by atoms with van der Waals surface area (Å²) in [4.78, 5) is 3.90. The van der Waals surface area contributed by atoms with E-state index in [0.717, 1.165) is 0 Å². The van der Waals surface area contributed by atoms with Crippen LogP contribution in [0.4, 0.5) is 5.82 Å². The van der Waals surface area contributed by atoms with Crippen LogP contribution in [-0.2, 0) is 0 Å². The molecule has 4 nitrogen and oxygen atoms in total. The van der Waals surface area contributed by atoms with Crippen LogP contribution in [0.5, 0.6) is 0 Å². The highest BCUT2D eigenvalue weighted by molar-refractivity contribution is 5.30. The zero-order valence-electron chi connectivity index (χ0n) is 8.51. The number of rotatable bonds is 3. The molecule has 14 heavy (non-hydrogen) atoms. The van der Waals surface area contributed by atoms with Crippen LogP contribution in [0, 0.1) is 5.92 Å². The lowest BCUT2D eigenvalue weighted by atomic mass is 9.95. The zero-order valence-corrected chi connectivity index (χ0v) is 8.51. The van der Waals surface area contributed by atoms with E-state index in [2.05, 4.69) is 4.98 Å². The Morgan fingerprint density at radius 3 is 2.43 bits per heavy atom. The van der Waals surface area contributed by atoms with Crippen molar-refractivity contribution in [1.82, 2.24) is 4.98 Å². The predicted molar refractivity (Wildman–Crippen MR) is 56.4 cm³/mol. The lowest BCUT2D eigenvalue weighted by Gasteiger charge is -2.22. The fraction of sp³-hybridized carbons (Fsp3) is 0.500. The lowest BCUT2D eigenvalue weighted by Crippen LogP contribution is -2.33. The average molecular weight is 195 g/mol. The molecule has 0 unspecified atom stereocenters. The number of nitrogen functional groups attached to an aromatic ring is 1. The minimum Gasteiger partial charge on any atom is -0.387 e. The summed E-state index contributed by atoms with van der Waals surface area (Å²) in [6, 6.07) is 3.13. The van der Waals surface area contributed by atoms with Gasteiger partial charge in [-0.25, -0.2) is 4.98 Å². The van der Waals surface area contributed by atoms with Crippen molar-refractivity contribution in [3.63, 3.8) is 0 Å². The molecule has 0 saturated carbocycles. The van der Waals surface area contributed by atoms with Gasteiger partial charge in [0.25, 0.3) is 0 Å². The summed E-state index contributed by atoms with van der Waals surface area (Å²) < 4.78 is 0. The lowest BCUT2D eigenvalue weighted by molar-refractivity contribution is 0.125. The molecule has 0 radical (unpaired) electrons. The largest absolute Gasteiger partial charge is 0.387 e. The number of aliphatic hydroxyl groups is 1. The number of pyridine rings is 1. The van der Waals surface area contributed by atoms with Gasteiger partial charge in [-0.3, -0.25) is 0 Å². The van der Waals surface area contributed by atoms with Gasteiger partial charge in [-0.05, 0) is 12.0 Å². The van der Waals surface area contributed by atoms with E-state index in [1.807, 2.05) is 13.8 Å². The van der Waals surface area contributed by atoms with Gasteiger partial charge in [-0.1, -0.05) is 19.9 Å². The molecule has 0 aliphatic heterocycles. The number of hydrogen-bond donors (Lipinski definition) is 3. The molecule has 1 heterocycles. The molecule has 0 aromatic carbocycles. The van der Waals surface area contributed by atoms with Crippen LogP contribution < -0.4 is 11.5 Å². The Kier molecular flexibility index (Phi) is 3.43. The highest BCUT2D eigenvalue weighted by Gasteiger charge is 2.19. The van der Waals surface area contributed by atoms with Crippen LogP contribution in [0.2, 0.25) is 0 Å². The molecule has 0 fully saturated rings. The third-order valence-electron chi connectivity index (χ3n) is 2.29. The van der Waals surface area contributed by atoms with E-state index >= 15 is 0 Å². The van der Waals surface area contributed by atoms with Gasteiger partial charge in [0, 0.05) is 17.8 Å². The van der Waals surface area contributed by atoms with Gasteiger partial charge >= 0.3 is 0 Å². The van der Waals surface area contributed by atoms with Crippen molar-refractivity contribution >= 4 is 5.82 Å². The van der Waals surface area contributed by atoms with Crippen molar-refractivity contribution in [3.8, 4) is 0 Å². The quantitative estimate of drug-likeness (QED) is 0.662. The van der Waals surface area contributed by atoms with Gasteiger partial charge in [0.1, 0.15) is 5.82 Å². The Bertz CT molecular complexity index is 284. The monoisotopic (exact) mass is 195 g/mol. The summed E-state index contributed by atoms with van der Waals surface area (Å²) in [5.41, 5.74) is 12.0. The third kappa shape index (κ3) is 2.43. The summed E-state index contributed by atoms with van der Waals surface area (Å²) in [6.45, 7) is 3.94. The second-order valence-electron chi connectivity index (χ2n) is 3.78. The SMILES string of the molecule is CC(C)[C@@H](N)[C@H](O)c1ccc(N)nc1. The van der Waals surface area contributed by atoms with Gasteiger partial charge in [-0.2, -0.15) is 0 Å². The first kappa shape index (κ1) is 10.9. The number of aliphatic hydroxyl groups excluding tert-OH is 1. The van der Waals surface area contributed by atoms with Crippen molar-refractivity contribution in [1.29, 1.82) is 0 Å². The van der Waals surface area contributed by atoms with Gasteiger partial charge < -0.3 is 16.6 Å². The van der Waals surface area contributed by atoms with E-state index in [-0.39, 0.29) is 12.0 Å². The van der Waals surface area contributed by atoms with Crippen molar-refractivity contribution in [3.05, 3.63) is 23.9 Å². The molecule has 0 saturated heterocycles. The summed E-state index contributed by atoms with van der Waals surface area (Å²) in [7, 11) is 0. The van der Waals surface area contributed by atoms with E-state index in [4.69, 9.17) is 11.5 Å². The van der Waals surface area contributed by atoms with Gasteiger partial charge in [0.05, 0.1) is 6.10 Å². The maximum Gasteiger partial charge on any atom is 0.123 e. The second-order valence-corrected chi connectivity index (χ2v) is 3.78.